The second kappa shape index (κ2) is 9.59. The van der Waals surface area contributed by atoms with Gasteiger partial charge in [-0.3, -0.25) is 4.79 Å². The molecule has 0 spiro atoms. The van der Waals surface area contributed by atoms with Crippen molar-refractivity contribution in [1.82, 2.24) is 10.1 Å². The van der Waals surface area contributed by atoms with Gasteiger partial charge in [0.1, 0.15) is 5.75 Å². The Morgan fingerprint density at radius 1 is 1.13 bits per heavy atom. The second-order valence-corrected chi connectivity index (χ2v) is 7.52. The van der Waals surface area contributed by atoms with E-state index < -0.39 is 0 Å². The van der Waals surface area contributed by atoms with Gasteiger partial charge in [-0.15, -0.1) is 0 Å². The molecule has 1 aromatic heterocycles. The highest BCUT2D eigenvalue weighted by molar-refractivity contribution is 5.91. The summed E-state index contributed by atoms with van der Waals surface area (Å²) in [4.78, 5) is 14.7. The lowest BCUT2D eigenvalue weighted by Crippen LogP contribution is -2.43. The number of likely N-dealkylation sites (tertiary alicyclic amines) is 1. The molecule has 0 N–H and O–H groups in total. The van der Waals surface area contributed by atoms with Gasteiger partial charge in [0.25, 0.3) is 5.91 Å². The molecule has 1 saturated heterocycles. The zero-order valence-electron chi connectivity index (χ0n) is 17.1. The van der Waals surface area contributed by atoms with Crippen molar-refractivity contribution in [3.8, 4) is 5.75 Å². The van der Waals surface area contributed by atoms with Crippen LogP contribution in [0, 0.1) is 0 Å². The van der Waals surface area contributed by atoms with E-state index in [0.717, 1.165) is 35.4 Å². The molecule has 0 saturated carbocycles. The molecule has 2 heterocycles. The number of hydrogen-bond acceptors (Lipinski definition) is 5. The molecule has 6 nitrogen and oxygen atoms in total. The monoisotopic (exact) mass is 406 g/mol. The highest BCUT2D eigenvalue weighted by Crippen LogP contribution is 2.20. The van der Waals surface area contributed by atoms with E-state index in [2.05, 4.69) is 5.16 Å². The van der Waals surface area contributed by atoms with E-state index in [4.69, 9.17) is 14.0 Å². The van der Waals surface area contributed by atoms with Crippen molar-refractivity contribution >= 4 is 5.91 Å². The number of carbonyl (C=O) groups excluding carboxylic acids is 1. The molecule has 3 aromatic rings. The van der Waals surface area contributed by atoms with Crippen molar-refractivity contribution in [1.29, 1.82) is 0 Å². The van der Waals surface area contributed by atoms with Gasteiger partial charge < -0.3 is 18.9 Å². The van der Waals surface area contributed by atoms with Crippen molar-refractivity contribution in [2.24, 2.45) is 0 Å². The lowest BCUT2D eigenvalue weighted by atomic mass is 10.1. The number of nitrogens with zero attached hydrogens (tertiary/aromatic N) is 2. The molecule has 2 aromatic carbocycles. The summed E-state index contributed by atoms with van der Waals surface area (Å²) in [6.45, 7) is 1.83. The number of piperidine rings is 1. The lowest BCUT2D eigenvalue weighted by molar-refractivity contribution is -0.00774. The molecule has 1 aliphatic rings. The summed E-state index contributed by atoms with van der Waals surface area (Å²) in [5.41, 5.74) is 2.91. The Morgan fingerprint density at radius 3 is 2.80 bits per heavy atom. The molecule has 1 amide bonds. The normalized spacial score (nSPS) is 16.4. The van der Waals surface area contributed by atoms with Gasteiger partial charge in [-0.1, -0.05) is 47.6 Å². The Balaban J connectivity index is 1.34. The number of methoxy groups -OCH3 is 1. The average molecular weight is 406 g/mol. The number of hydrogen-bond donors (Lipinski definition) is 0. The van der Waals surface area contributed by atoms with Crippen molar-refractivity contribution in [2.75, 3.05) is 20.2 Å². The molecule has 156 valence electrons. The summed E-state index contributed by atoms with van der Waals surface area (Å²) in [5, 5.41) is 4.08. The minimum absolute atomic E-state index is 0.0297. The Hall–Kier alpha value is -3.12. The summed E-state index contributed by atoms with van der Waals surface area (Å²) in [6.07, 6.45) is 2.48. The van der Waals surface area contributed by atoms with Gasteiger partial charge in [0, 0.05) is 25.6 Å². The summed E-state index contributed by atoms with van der Waals surface area (Å²) >= 11 is 0. The largest absolute Gasteiger partial charge is 0.497 e. The fourth-order valence-electron chi connectivity index (χ4n) is 3.69. The third-order valence-corrected chi connectivity index (χ3v) is 5.28. The van der Waals surface area contributed by atoms with Crippen LogP contribution in [0.15, 0.2) is 65.2 Å². The van der Waals surface area contributed by atoms with Crippen LogP contribution < -0.4 is 4.74 Å². The maximum Gasteiger partial charge on any atom is 0.292 e. The number of carbonyl (C=O) groups is 1. The first kappa shape index (κ1) is 20.2. The minimum Gasteiger partial charge on any atom is -0.497 e. The molecule has 0 radical (unpaired) electrons. The van der Waals surface area contributed by atoms with Gasteiger partial charge in [0.2, 0.25) is 5.76 Å². The van der Waals surface area contributed by atoms with Crippen molar-refractivity contribution in [3.63, 3.8) is 0 Å². The van der Waals surface area contributed by atoms with E-state index in [1.54, 1.807) is 18.1 Å². The standard InChI is InChI=1S/C24H26N2O4/c1-28-21-10-5-9-19(14-21)13-20-15-23(30-25-20)24(27)26-12-6-11-22(16-26)29-17-18-7-3-2-4-8-18/h2-5,7-10,14-15,22H,6,11-13,16-17H2,1H3/t22-/m0/s1. The highest BCUT2D eigenvalue weighted by atomic mass is 16.5. The van der Waals surface area contributed by atoms with Gasteiger partial charge >= 0.3 is 0 Å². The van der Waals surface area contributed by atoms with Gasteiger partial charge in [-0.25, -0.2) is 0 Å². The predicted molar refractivity (Wildman–Crippen MR) is 112 cm³/mol. The zero-order valence-corrected chi connectivity index (χ0v) is 17.1. The van der Waals surface area contributed by atoms with Crippen molar-refractivity contribution in [2.45, 2.75) is 32.0 Å². The third-order valence-electron chi connectivity index (χ3n) is 5.28. The number of benzene rings is 2. The fraction of sp³-hybridized carbons (Fsp3) is 0.333. The van der Waals surface area contributed by atoms with Crippen LogP contribution in [-0.2, 0) is 17.8 Å². The number of amides is 1. The smallest absolute Gasteiger partial charge is 0.292 e. The maximum atomic E-state index is 12.9. The summed E-state index contributed by atoms with van der Waals surface area (Å²) < 4.78 is 16.7. The van der Waals surface area contributed by atoms with Crippen molar-refractivity contribution in [3.05, 3.63) is 83.2 Å². The summed E-state index contributed by atoms with van der Waals surface area (Å²) in [6, 6.07) is 19.6. The molecule has 1 aliphatic heterocycles. The van der Waals surface area contributed by atoms with Crippen molar-refractivity contribution < 1.29 is 18.8 Å². The van der Waals surface area contributed by atoms with E-state index in [9.17, 15) is 4.79 Å². The van der Waals surface area contributed by atoms with Gasteiger partial charge in [-0.05, 0) is 36.1 Å². The molecule has 6 heteroatoms. The van der Waals surface area contributed by atoms with Crippen LogP contribution in [0.5, 0.6) is 5.75 Å². The zero-order chi connectivity index (χ0) is 20.8. The number of rotatable bonds is 7. The van der Waals surface area contributed by atoms with Crippen LogP contribution in [0.1, 0.15) is 40.2 Å². The SMILES string of the molecule is COc1cccc(Cc2cc(C(=O)N3CCC[C@H](OCc4ccccc4)C3)on2)c1. The summed E-state index contributed by atoms with van der Waals surface area (Å²) in [7, 11) is 1.64. The fourth-order valence-corrected chi connectivity index (χ4v) is 3.69. The highest BCUT2D eigenvalue weighted by Gasteiger charge is 2.27. The first-order valence-electron chi connectivity index (χ1n) is 10.2. The molecule has 1 atom stereocenters. The molecule has 1 fully saturated rings. The van der Waals surface area contributed by atoms with E-state index in [1.165, 1.54) is 0 Å². The van der Waals surface area contributed by atoms with Gasteiger partial charge in [0.05, 0.1) is 25.5 Å². The first-order chi connectivity index (χ1) is 14.7. The molecule has 0 aliphatic carbocycles. The topological polar surface area (TPSA) is 64.8 Å². The summed E-state index contributed by atoms with van der Waals surface area (Å²) in [5.74, 6) is 0.936. The Morgan fingerprint density at radius 2 is 1.97 bits per heavy atom. The van der Waals surface area contributed by atoms with Crippen LogP contribution in [0.25, 0.3) is 0 Å². The van der Waals surface area contributed by atoms with E-state index in [0.29, 0.717) is 26.1 Å². The first-order valence-corrected chi connectivity index (χ1v) is 10.2. The van der Waals surface area contributed by atoms with Gasteiger partial charge in [-0.2, -0.15) is 0 Å². The average Bonchev–Trinajstić information content (AvgIpc) is 3.26. The van der Waals surface area contributed by atoms with Crippen LogP contribution in [-0.4, -0.2) is 42.3 Å². The van der Waals surface area contributed by atoms with Crippen LogP contribution >= 0.6 is 0 Å². The van der Waals surface area contributed by atoms with E-state index >= 15 is 0 Å². The molecular formula is C24H26N2O4. The van der Waals surface area contributed by atoms with Crippen LogP contribution in [0.2, 0.25) is 0 Å². The molecule has 30 heavy (non-hydrogen) atoms. The van der Waals surface area contributed by atoms with E-state index in [1.807, 2.05) is 54.6 Å². The predicted octanol–water partition coefficient (Wildman–Crippen LogP) is 4.10. The van der Waals surface area contributed by atoms with Crippen LogP contribution in [0.3, 0.4) is 0 Å². The number of ether oxygens (including phenoxy) is 2. The molecule has 0 unspecified atom stereocenters. The molecule has 4 rings (SSSR count). The molecular weight excluding hydrogens is 380 g/mol. The quantitative estimate of drug-likeness (QED) is 0.591. The lowest BCUT2D eigenvalue weighted by Gasteiger charge is -2.32. The maximum absolute atomic E-state index is 12.9. The molecule has 0 bridgehead atoms. The Bertz CT molecular complexity index is 970. The van der Waals surface area contributed by atoms with E-state index in [-0.39, 0.29) is 17.8 Å². The van der Waals surface area contributed by atoms with Crippen LogP contribution in [0.4, 0.5) is 0 Å². The number of aromatic nitrogens is 1. The Kier molecular flexibility index (Phi) is 6.44. The Labute approximate surface area is 176 Å². The third kappa shape index (κ3) is 5.07. The second-order valence-electron chi connectivity index (χ2n) is 7.52. The minimum atomic E-state index is -0.132. The van der Waals surface area contributed by atoms with Gasteiger partial charge in [0.15, 0.2) is 0 Å².